The molecule has 1 amide bonds. The molecule has 1 saturated carbocycles. The normalized spacial score (nSPS) is 14.9. The number of pyridine rings is 2. The molecule has 1 saturated heterocycles. The Labute approximate surface area is 268 Å². The van der Waals surface area contributed by atoms with Crippen molar-refractivity contribution < 1.29 is 13.6 Å². The molecule has 7 rings (SSSR count). The van der Waals surface area contributed by atoms with Gasteiger partial charge in [-0.3, -0.25) is 14.3 Å². The zero-order chi connectivity index (χ0) is 32.7. The highest BCUT2D eigenvalue weighted by atomic mass is 19.1. The number of piperidine rings is 1. The summed E-state index contributed by atoms with van der Waals surface area (Å²) in [4.78, 5) is 31.4. The summed E-state index contributed by atoms with van der Waals surface area (Å²) in [6.45, 7) is 1.87. The number of nitriles is 1. The lowest BCUT2D eigenvalue weighted by atomic mass is 10.00. The van der Waals surface area contributed by atoms with E-state index in [1.165, 1.54) is 42.6 Å². The van der Waals surface area contributed by atoms with Crippen LogP contribution in [0.3, 0.4) is 0 Å². The van der Waals surface area contributed by atoms with Gasteiger partial charge < -0.3 is 20.9 Å². The zero-order valence-corrected chi connectivity index (χ0v) is 25.2. The second-order valence-corrected chi connectivity index (χ2v) is 11.8. The Morgan fingerprint density at radius 2 is 1.70 bits per heavy atom. The van der Waals surface area contributed by atoms with Gasteiger partial charge in [0, 0.05) is 52.6 Å². The number of nitrogen functional groups attached to an aromatic ring is 1. The number of carbonyl (C=O) groups is 1. The van der Waals surface area contributed by atoms with Crippen LogP contribution < -0.4 is 21.8 Å². The van der Waals surface area contributed by atoms with E-state index in [9.17, 15) is 19.2 Å². The van der Waals surface area contributed by atoms with Crippen LogP contribution >= 0.6 is 0 Å². The third-order valence-corrected chi connectivity index (χ3v) is 8.71. The lowest BCUT2D eigenvalue weighted by molar-refractivity contribution is 0.102. The largest absolute Gasteiger partial charge is 0.383 e. The molecule has 0 bridgehead atoms. The summed E-state index contributed by atoms with van der Waals surface area (Å²) in [7, 11) is 0. The van der Waals surface area contributed by atoms with Gasteiger partial charge in [0.2, 0.25) is 5.43 Å². The van der Waals surface area contributed by atoms with Crippen LogP contribution in [0.5, 0.6) is 0 Å². The molecule has 2 aliphatic rings. The molecule has 1 aliphatic heterocycles. The number of carbonyl (C=O) groups excluding carboxylic acids is 1. The van der Waals surface area contributed by atoms with E-state index in [0.717, 1.165) is 56.0 Å². The van der Waals surface area contributed by atoms with Crippen molar-refractivity contribution in [2.75, 3.05) is 24.1 Å². The highest BCUT2D eigenvalue weighted by Gasteiger charge is 2.30. The number of rotatable bonds is 7. The van der Waals surface area contributed by atoms with Crippen LogP contribution in [0.4, 0.5) is 20.3 Å². The number of benzene rings is 2. The van der Waals surface area contributed by atoms with Gasteiger partial charge in [0.05, 0.1) is 17.8 Å². The number of nitrogens with two attached hydrogens (primary N) is 1. The standard InChI is InChI=1S/C35H30F2N8O2/c36-23-3-1-20(2-4-23)32-31(15-38)44(25-6-7-25)19-29(33(32)46)35(47)43-24-5-8-27(30(37)14-24)28-13-21(16-41-34(28)39)22-17-42-45(18-22)26-9-11-40-12-10-26/h1-5,8,13-14,16-19,25-26,40H,6-7,9-12H2,(H2,39,41)(H,43,47). The molecule has 47 heavy (non-hydrogen) atoms. The topological polar surface area (TPSA) is 144 Å². The molecule has 2 fully saturated rings. The third kappa shape index (κ3) is 5.89. The summed E-state index contributed by atoms with van der Waals surface area (Å²) in [5.41, 5.74) is 7.97. The Kier molecular flexibility index (Phi) is 7.83. The average molecular weight is 633 g/mol. The number of anilines is 2. The summed E-state index contributed by atoms with van der Waals surface area (Å²) < 4.78 is 32.9. The molecular weight excluding hydrogens is 602 g/mol. The highest BCUT2D eigenvalue weighted by molar-refractivity contribution is 6.05. The number of hydrogen-bond donors (Lipinski definition) is 3. The summed E-state index contributed by atoms with van der Waals surface area (Å²) >= 11 is 0. The minimum absolute atomic E-state index is 0.0118. The molecule has 0 radical (unpaired) electrons. The van der Waals surface area contributed by atoms with Gasteiger partial charge in [-0.25, -0.2) is 13.8 Å². The molecule has 2 aromatic carbocycles. The van der Waals surface area contributed by atoms with Gasteiger partial charge in [-0.15, -0.1) is 0 Å². The van der Waals surface area contributed by atoms with Gasteiger partial charge in [-0.2, -0.15) is 10.4 Å². The lowest BCUT2D eigenvalue weighted by Crippen LogP contribution is -2.29. The Morgan fingerprint density at radius 1 is 0.936 bits per heavy atom. The minimum Gasteiger partial charge on any atom is -0.383 e. The van der Waals surface area contributed by atoms with Crippen molar-refractivity contribution in [2.24, 2.45) is 0 Å². The monoisotopic (exact) mass is 632 g/mol. The van der Waals surface area contributed by atoms with Crippen LogP contribution in [0.1, 0.15) is 53.8 Å². The summed E-state index contributed by atoms with van der Waals surface area (Å²) in [6, 6.07) is 13.4. The van der Waals surface area contributed by atoms with Crippen molar-refractivity contribution in [1.82, 2.24) is 24.6 Å². The van der Waals surface area contributed by atoms with E-state index >= 15 is 4.39 Å². The summed E-state index contributed by atoms with van der Waals surface area (Å²) in [6.07, 6.45) is 10.3. The van der Waals surface area contributed by atoms with Gasteiger partial charge in [-0.05, 0) is 80.7 Å². The predicted octanol–water partition coefficient (Wildman–Crippen LogP) is 5.68. The summed E-state index contributed by atoms with van der Waals surface area (Å²) in [5, 5.41) is 20.5. The van der Waals surface area contributed by atoms with Crippen molar-refractivity contribution in [3.63, 3.8) is 0 Å². The van der Waals surface area contributed by atoms with Crippen LogP contribution in [-0.4, -0.2) is 38.3 Å². The van der Waals surface area contributed by atoms with Crippen LogP contribution in [-0.2, 0) is 0 Å². The highest BCUT2D eigenvalue weighted by Crippen LogP contribution is 2.38. The Morgan fingerprint density at radius 3 is 2.40 bits per heavy atom. The fourth-order valence-corrected chi connectivity index (χ4v) is 6.05. The van der Waals surface area contributed by atoms with Gasteiger partial charge in [0.1, 0.15) is 34.8 Å². The first kappa shape index (κ1) is 30.0. The Hall–Kier alpha value is -5.67. The van der Waals surface area contributed by atoms with E-state index in [1.807, 2.05) is 10.9 Å². The van der Waals surface area contributed by atoms with Crippen molar-refractivity contribution in [2.45, 2.75) is 37.8 Å². The molecule has 3 aromatic heterocycles. The number of halogens is 2. The van der Waals surface area contributed by atoms with Gasteiger partial charge in [0.15, 0.2) is 0 Å². The Bertz CT molecular complexity index is 2110. The molecule has 4 heterocycles. The van der Waals surface area contributed by atoms with Crippen LogP contribution in [0.25, 0.3) is 33.4 Å². The first-order valence-electron chi connectivity index (χ1n) is 15.4. The van der Waals surface area contributed by atoms with Crippen molar-refractivity contribution in [3.8, 4) is 39.4 Å². The first-order chi connectivity index (χ1) is 22.8. The van der Waals surface area contributed by atoms with Crippen molar-refractivity contribution >= 4 is 17.4 Å². The van der Waals surface area contributed by atoms with Crippen molar-refractivity contribution in [1.29, 1.82) is 5.26 Å². The maximum absolute atomic E-state index is 15.6. The van der Waals surface area contributed by atoms with E-state index < -0.39 is 23.0 Å². The van der Waals surface area contributed by atoms with Crippen LogP contribution in [0, 0.1) is 23.0 Å². The fraction of sp³-hybridized carbons (Fsp3) is 0.229. The van der Waals surface area contributed by atoms with E-state index in [1.54, 1.807) is 23.0 Å². The van der Waals surface area contributed by atoms with Gasteiger partial charge >= 0.3 is 0 Å². The Balaban J connectivity index is 1.17. The molecule has 0 unspecified atom stereocenters. The number of nitrogens with zero attached hydrogens (tertiary/aromatic N) is 5. The lowest BCUT2D eigenvalue weighted by Gasteiger charge is -2.22. The maximum atomic E-state index is 15.6. The molecule has 236 valence electrons. The molecule has 10 nitrogen and oxygen atoms in total. The number of aromatic nitrogens is 4. The number of amides is 1. The molecule has 0 atom stereocenters. The van der Waals surface area contributed by atoms with Crippen molar-refractivity contribution in [3.05, 3.63) is 106 Å². The minimum atomic E-state index is -0.765. The average Bonchev–Trinajstić information content (AvgIpc) is 3.81. The first-order valence-corrected chi connectivity index (χ1v) is 15.4. The second-order valence-electron chi connectivity index (χ2n) is 11.8. The number of nitrogens with one attached hydrogen (secondary N) is 2. The second kappa shape index (κ2) is 12.3. The van der Waals surface area contributed by atoms with E-state index in [0.29, 0.717) is 17.2 Å². The molecular formula is C35H30F2N8O2. The molecule has 12 heteroatoms. The number of hydrogen-bond acceptors (Lipinski definition) is 7. The molecule has 0 spiro atoms. The fourth-order valence-electron chi connectivity index (χ4n) is 6.05. The smallest absolute Gasteiger partial charge is 0.261 e. The SMILES string of the molecule is N#Cc1c(-c2ccc(F)cc2)c(=O)c(C(=O)Nc2ccc(-c3cc(-c4cnn(C5CCNCC5)c4)cnc3N)c(F)c2)cn1C1CC1. The molecule has 4 N–H and O–H groups in total. The quantitative estimate of drug-likeness (QED) is 0.209. The van der Waals surface area contributed by atoms with Crippen LogP contribution in [0.2, 0.25) is 0 Å². The van der Waals surface area contributed by atoms with Gasteiger partial charge in [-0.1, -0.05) is 12.1 Å². The van der Waals surface area contributed by atoms with E-state index in [-0.39, 0.29) is 39.9 Å². The summed E-state index contributed by atoms with van der Waals surface area (Å²) in [5.74, 6) is -1.77. The van der Waals surface area contributed by atoms with E-state index in [2.05, 4.69) is 26.8 Å². The van der Waals surface area contributed by atoms with Crippen LogP contribution in [0.15, 0.2) is 78.1 Å². The third-order valence-electron chi connectivity index (χ3n) is 8.71. The zero-order valence-electron chi connectivity index (χ0n) is 25.2. The molecule has 5 aromatic rings. The van der Waals surface area contributed by atoms with E-state index in [4.69, 9.17) is 5.73 Å². The van der Waals surface area contributed by atoms with Gasteiger partial charge in [0.25, 0.3) is 5.91 Å². The molecule has 1 aliphatic carbocycles. The maximum Gasteiger partial charge on any atom is 0.261 e. The predicted molar refractivity (Wildman–Crippen MR) is 173 cm³/mol.